The second-order valence-electron chi connectivity index (χ2n) is 6.86. The molecule has 2 aliphatic heterocycles. The lowest BCUT2D eigenvalue weighted by Gasteiger charge is -2.19. The molecule has 0 saturated carbocycles. The monoisotopic (exact) mass is 417 g/mol. The molecule has 158 valence electrons. The molecular weight excluding hydrogens is 398 g/mol. The standard InChI is InChI=1S/C19H19N3O8/c1-10(11-5-3-2-4-6-11)17(23)27-9-12-14-15(30-19(25)29-14)16(28-12)22-8-7-13(21-26)20-18(22)24/h2-8,10,12,14-16,26H,9H2,1H3,(H,20,21,24)/t10-,12?,14-,15-,16-/m1/s1. The van der Waals surface area contributed by atoms with E-state index in [1.807, 2.05) is 30.3 Å². The molecule has 1 unspecified atom stereocenters. The van der Waals surface area contributed by atoms with E-state index >= 15 is 0 Å². The maximum absolute atomic E-state index is 12.4. The average Bonchev–Trinajstić information content (AvgIpc) is 3.29. The predicted molar refractivity (Wildman–Crippen MR) is 98.8 cm³/mol. The summed E-state index contributed by atoms with van der Waals surface area (Å²) < 4.78 is 22.6. The summed E-state index contributed by atoms with van der Waals surface area (Å²) in [6, 6.07) is 10.5. The lowest BCUT2D eigenvalue weighted by molar-refractivity contribution is -0.152. The van der Waals surface area contributed by atoms with Crippen molar-refractivity contribution in [2.45, 2.75) is 37.4 Å². The van der Waals surface area contributed by atoms with Gasteiger partial charge in [0.05, 0.1) is 5.92 Å². The lowest BCUT2D eigenvalue weighted by atomic mass is 10.0. The molecule has 0 spiro atoms. The van der Waals surface area contributed by atoms with E-state index in [0.29, 0.717) is 0 Å². The van der Waals surface area contributed by atoms with Gasteiger partial charge < -0.3 is 18.9 Å². The number of rotatable bonds is 6. The Morgan fingerprint density at radius 2 is 1.97 bits per heavy atom. The van der Waals surface area contributed by atoms with E-state index < -0.39 is 48.3 Å². The predicted octanol–water partition coefficient (Wildman–Crippen LogP) is 1.19. The first kappa shape index (κ1) is 19.9. The van der Waals surface area contributed by atoms with Crippen molar-refractivity contribution in [2.24, 2.45) is 0 Å². The molecule has 5 atom stereocenters. The van der Waals surface area contributed by atoms with Crippen LogP contribution in [0.15, 0.2) is 47.4 Å². The molecule has 2 N–H and O–H groups in total. The molecule has 2 saturated heterocycles. The normalized spacial score (nSPS) is 25.7. The average molecular weight is 417 g/mol. The SMILES string of the molecule is C[C@@H](C(=O)OCC1O[C@@H](n2ccc(NO)nc2=O)[C@@H]2OC(=O)O[C@H]12)c1ccccc1. The fourth-order valence-corrected chi connectivity index (χ4v) is 3.42. The van der Waals surface area contributed by atoms with Crippen LogP contribution in [0.2, 0.25) is 0 Å². The Balaban J connectivity index is 1.47. The number of aromatic nitrogens is 2. The van der Waals surface area contributed by atoms with Crippen LogP contribution in [0.25, 0.3) is 0 Å². The van der Waals surface area contributed by atoms with E-state index in [-0.39, 0.29) is 12.4 Å². The van der Waals surface area contributed by atoms with Crippen LogP contribution in [-0.2, 0) is 23.7 Å². The van der Waals surface area contributed by atoms with E-state index in [4.69, 9.17) is 24.2 Å². The van der Waals surface area contributed by atoms with Crippen LogP contribution in [-0.4, -0.2) is 51.8 Å². The molecule has 0 amide bonds. The van der Waals surface area contributed by atoms with Crippen molar-refractivity contribution in [3.63, 3.8) is 0 Å². The van der Waals surface area contributed by atoms with E-state index in [1.165, 1.54) is 12.3 Å². The van der Waals surface area contributed by atoms with Gasteiger partial charge in [0.15, 0.2) is 24.3 Å². The molecule has 11 heteroatoms. The van der Waals surface area contributed by atoms with Gasteiger partial charge in [-0.3, -0.25) is 20.0 Å². The number of nitrogens with zero attached hydrogens (tertiary/aromatic N) is 2. The fraction of sp³-hybridized carbons (Fsp3) is 0.368. The summed E-state index contributed by atoms with van der Waals surface area (Å²) in [7, 11) is 0. The molecule has 2 fully saturated rings. The zero-order valence-corrected chi connectivity index (χ0v) is 15.8. The van der Waals surface area contributed by atoms with Gasteiger partial charge in [-0.2, -0.15) is 4.98 Å². The highest BCUT2D eigenvalue weighted by atomic mass is 16.8. The number of esters is 1. The molecule has 30 heavy (non-hydrogen) atoms. The molecule has 0 bridgehead atoms. The summed E-state index contributed by atoms with van der Waals surface area (Å²) in [5, 5.41) is 8.86. The molecule has 2 aromatic rings. The van der Waals surface area contributed by atoms with Crippen molar-refractivity contribution < 1.29 is 33.7 Å². The van der Waals surface area contributed by atoms with Gasteiger partial charge in [0.1, 0.15) is 12.7 Å². The Hall–Kier alpha value is -3.44. The van der Waals surface area contributed by atoms with Gasteiger partial charge in [0, 0.05) is 6.20 Å². The molecule has 11 nitrogen and oxygen atoms in total. The minimum Gasteiger partial charge on any atom is -0.462 e. The number of nitrogens with one attached hydrogen (secondary N) is 1. The highest BCUT2D eigenvalue weighted by Gasteiger charge is 2.55. The van der Waals surface area contributed by atoms with Crippen LogP contribution in [0.5, 0.6) is 0 Å². The lowest BCUT2D eigenvalue weighted by Crippen LogP contribution is -2.34. The number of benzene rings is 1. The van der Waals surface area contributed by atoms with Crippen LogP contribution >= 0.6 is 0 Å². The van der Waals surface area contributed by atoms with Crippen molar-refractivity contribution in [3.8, 4) is 0 Å². The summed E-state index contributed by atoms with van der Waals surface area (Å²) in [4.78, 5) is 39.9. The second-order valence-corrected chi connectivity index (χ2v) is 6.86. The van der Waals surface area contributed by atoms with Crippen LogP contribution in [0.1, 0.15) is 24.6 Å². The molecule has 2 aliphatic rings. The Morgan fingerprint density at radius 1 is 1.23 bits per heavy atom. The van der Waals surface area contributed by atoms with Crippen molar-refractivity contribution >= 4 is 17.9 Å². The largest absolute Gasteiger partial charge is 0.509 e. The quantitative estimate of drug-likeness (QED) is 0.520. The number of ether oxygens (including phenoxy) is 4. The van der Waals surface area contributed by atoms with E-state index in [2.05, 4.69) is 4.98 Å². The molecule has 1 aromatic heterocycles. The van der Waals surface area contributed by atoms with Crippen LogP contribution in [0.4, 0.5) is 10.6 Å². The third-order valence-electron chi connectivity index (χ3n) is 5.01. The number of anilines is 1. The minimum atomic E-state index is -1.02. The number of fused-ring (bicyclic) bond motifs is 1. The molecule has 4 rings (SSSR count). The van der Waals surface area contributed by atoms with E-state index in [1.54, 1.807) is 12.4 Å². The smallest absolute Gasteiger partial charge is 0.462 e. The Bertz CT molecular complexity index is 995. The minimum absolute atomic E-state index is 0.0501. The summed E-state index contributed by atoms with van der Waals surface area (Å²) in [5.74, 6) is -1.01. The van der Waals surface area contributed by atoms with Gasteiger partial charge in [-0.1, -0.05) is 30.3 Å². The van der Waals surface area contributed by atoms with Gasteiger partial charge in [-0.05, 0) is 18.6 Å². The van der Waals surface area contributed by atoms with Gasteiger partial charge in [-0.15, -0.1) is 0 Å². The molecule has 1 aromatic carbocycles. The first-order chi connectivity index (χ1) is 14.5. The Kier molecular flexibility index (Phi) is 5.38. The van der Waals surface area contributed by atoms with Gasteiger partial charge >= 0.3 is 17.8 Å². The van der Waals surface area contributed by atoms with Crippen molar-refractivity contribution in [2.75, 3.05) is 12.1 Å². The Labute approximate surface area is 170 Å². The molecular formula is C19H19N3O8. The summed E-state index contributed by atoms with van der Waals surface area (Å²) in [5.41, 5.74) is 1.83. The van der Waals surface area contributed by atoms with E-state index in [0.717, 1.165) is 10.1 Å². The molecule has 0 radical (unpaired) electrons. The summed E-state index contributed by atoms with van der Waals surface area (Å²) in [6.07, 6.45) is -3.20. The molecule has 3 heterocycles. The number of carbonyl (C=O) groups is 2. The summed E-state index contributed by atoms with van der Waals surface area (Å²) >= 11 is 0. The fourth-order valence-electron chi connectivity index (χ4n) is 3.42. The number of carbonyl (C=O) groups excluding carboxylic acids is 2. The molecule has 0 aliphatic carbocycles. The van der Waals surface area contributed by atoms with Gasteiger partial charge in [0.25, 0.3) is 0 Å². The number of hydrogen-bond acceptors (Lipinski definition) is 10. The summed E-state index contributed by atoms with van der Waals surface area (Å²) in [6.45, 7) is 1.53. The zero-order valence-electron chi connectivity index (χ0n) is 15.8. The van der Waals surface area contributed by atoms with Crippen LogP contribution in [0, 0.1) is 0 Å². The van der Waals surface area contributed by atoms with Crippen molar-refractivity contribution in [1.29, 1.82) is 0 Å². The maximum Gasteiger partial charge on any atom is 0.509 e. The van der Waals surface area contributed by atoms with Crippen molar-refractivity contribution in [1.82, 2.24) is 9.55 Å². The van der Waals surface area contributed by atoms with Gasteiger partial charge in [-0.25, -0.2) is 9.59 Å². The zero-order chi connectivity index (χ0) is 21.3. The van der Waals surface area contributed by atoms with Gasteiger partial charge in [0.2, 0.25) is 0 Å². The third kappa shape index (κ3) is 3.72. The maximum atomic E-state index is 12.4. The highest BCUT2D eigenvalue weighted by Crippen LogP contribution is 2.37. The topological polar surface area (TPSA) is 138 Å². The first-order valence-electron chi connectivity index (χ1n) is 9.21. The van der Waals surface area contributed by atoms with Crippen molar-refractivity contribution in [3.05, 3.63) is 58.6 Å². The van der Waals surface area contributed by atoms with Crippen LogP contribution < -0.4 is 11.2 Å². The second kappa shape index (κ2) is 8.13. The number of hydrogen-bond donors (Lipinski definition) is 2. The van der Waals surface area contributed by atoms with Crippen LogP contribution in [0.3, 0.4) is 0 Å². The highest BCUT2D eigenvalue weighted by molar-refractivity contribution is 5.77. The Morgan fingerprint density at radius 3 is 2.67 bits per heavy atom. The van der Waals surface area contributed by atoms with E-state index in [9.17, 15) is 14.4 Å². The first-order valence-corrected chi connectivity index (χ1v) is 9.21. The third-order valence-corrected chi connectivity index (χ3v) is 5.01.